The number of hydrogen-bond acceptors (Lipinski definition) is 3. The Morgan fingerprint density at radius 3 is 2.53 bits per heavy atom. The second kappa shape index (κ2) is 8.05. The summed E-state index contributed by atoms with van der Waals surface area (Å²) in [6.45, 7) is 7.28. The zero-order valence-corrected chi connectivity index (χ0v) is 12.8. The van der Waals surface area contributed by atoms with Crippen LogP contribution in [0, 0.1) is 5.92 Å². The van der Waals surface area contributed by atoms with Gasteiger partial charge in [-0.1, -0.05) is 26.3 Å². The average molecular weight is 265 g/mol. The third kappa shape index (κ3) is 4.75. The first-order valence-electron chi connectivity index (χ1n) is 7.10. The highest BCUT2D eigenvalue weighted by atomic mass is 16.5. The van der Waals surface area contributed by atoms with E-state index in [2.05, 4.69) is 32.2 Å². The fraction of sp³-hybridized carbons (Fsp3) is 0.625. The van der Waals surface area contributed by atoms with E-state index in [9.17, 15) is 0 Å². The minimum atomic E-state index is 0.307. The molecule has 3 heteroatoms. The van der Waals surface area contributed by atoms with Crippen molar-refractivity contribution in [1.82, 2.24) is 5.32 Å². The van der Waals surface area contributed by atoms with E-state index in [1.807, 2.05) is 19.2 Å². The van der Waals surface area contributed by atoms with Gasteiger partial charge in [-0.15, -0.1) is 0 Å². The van der Waals surface area contributed by atoms with Crippen LogP contribution in [-0.4, -0.2) is 20.8 Å². The van der Waals surface area contributed by atoms with Crippen LogP contribution in [0.5, 0.6) is 11.5 Å². The molecule has 0 radical (unpaired) electrons. The quantitative estimate of drug-likeness (QED) is 0.775. The summed E-state index contributed by atoms with van der Waals surface area (Å²) in [5.74, 6) is 2.21. The summed E-state index contributed by atoms with van der Waals surface area (Å²) >= 11 is 0. The van der Waals surface area contributed by atoms with Gasteiger partial charge in [0.25, 0.3) is 0 Å². The van der Waals surface area contributed by atoms with Gasteiger partial charge in [0.15, 0.2) is 11.5 Å². The van der Waals surface area contributed by atoms with Gasteiger partial charge < -0.3 is 14.8 Å². The lowest BCUT2D eigenvalue weighted by atomic mass is 10.1. The maximum absolute atomic E-state index is 5.87. The minimum absolute atomic E-state index is 0.307. The highest BCUT2D eigenvalue weighted by molar-refractivity contribution is 5.43. The number of ether oxygens (including phenoxy) is 2. The Morgan fingerprint density at radius 2 is 1.95 bits per heavy atom. The number of methoxy groups -OCH3 is 1. The lowest BCUT2D eigenvalue weighted by Crippen LogP contribution is -2.13. The highest BCUT2D eigenvalue weighted by Gasteiger charge is 2.10. The number of benzene rings is 1. The smallest absolute Gasteiger partial charge is 0.161 e. The van der Waals surface area contributed by atoms with Crippen LogP contribution in [0.3, 0.4) is 0 Å². The van der Waals surface area contributed by atoms with Crippen LogP contribution >= 0.6 is 0 Å². The molecule has 0 aliphatic carbocycles. The van der Waals surface area contributed by atoms with Gasteiger partial charge in [-0.25, -0.2) is 0 Å². The van der Waals surface area contributed by atoms with Gasteiger partial charge in [-0.2, -0.15) is 0 Å². The van der Waals surface area contributed by atoms with E-state index in [1.165, 1.54) is 18.4 Å². The summed E-state index contributed by atoms with van der Waals surface area (Å²) in [6, 6.07) is 6.44. The van der Waals surface area contributed by atoms with Crippen molar-refractivity contribution >= 4 is 0 Å². The second-order valence-electron chi connectivity index (χ2n) is 5.13. The van der Waals surface area contributed by atoms with Crippen molar-refractivity contribution in [1.29, 1.82) is 0 Å². The molecule has 2 unspecified atom stereocenters. The Kier molecular flexibility index (Phi) is 6.71. The van der Waals surface area contributed by atoms with Crippen LogP contribution in [0.4, 0.5) is 0 Å². The van der Waals surface area contributed by atoms with Crippen LogP contribution in [0.25, 0.3) is 0 Å². The van der Waals surface area contributed by atoms with Crippen LogP contribution in [0.1, 0.15) is 45.2 Å². The van der Waals surface area contributed by atoms with E-state index < -0.39 is 0 Å². The molecule has 1 N–H and O–H groups in total. The summed E-state index contributed by atoms with van der Waals surface area (Å²) in [5.41, 5.74) is 1.20. The number of nitrogens with one attached hydrogen (secondary N) is 1. The first-order chi connectivity index (χ1) is 9.12. The molecule has 1 aromatic rings. The minimum Gasteiger partial charge on any atom is -0.493 e. The number of rotatable bonds is 8. The lowest BCUT2D eigenvalue weighted by molar-refractivity contribution is 0.240. The van der Waals surface area contributed by atoms with Crippen molar-refractivity contribution in [2.75, 3.05) is 20.8 Å². The van der Waals surface area contributed by atoms with Gasteiger partial charge in [0.05, 0.1) is 13.7 Å². The molecule has 0 heterocycles. The zero-order chi connectivity index (χ0) is 14.3. The van der Waals surface area contributed by atoms with Crippen molar-refractivity contribution < 1.29 is 9.47 Å². The molecule has 0 saturated carbocycles. The normalized spacial score (nSPS) is 13.9. The molecule has 1 aromatic carbocycles. The molecule has 0 saturated heterocycles. The molecule has 0 fully saturated rings. The van der Waals surface area contributed by atoms with Crippen LogP contribution < -0.4 is 14.8 Å². The van der Waals surface area contributed by atoms with Crippen molar-refractivity contribution in [3.05, 3.63) is 23.8 Å². The Balaban J connectivity index is 2.73. The van der Waals surface area contributed by atoms with Crippen molar-refractivity contribution in [3.8, 4) is 11.5 Å². The molecule has 3 nitrogen and oxygen atoms in total. The molecule has 19 heavy (non-hydrogen) atoms. The fourth-order valence-corrected chi connectivity index (χ4v) is 2.05. The Bertz CT molecular complexity index is 379. The third-order valence-corrected chi connectivity index (χ3v) is 3.43. The van der Waals surface area contributed by atoms with E-state index in [-0.39, 0.29) is 0 Å². The highest BCUT2D eigenvalue weighted by Crippen LogP contribution is 2.30. The molecule has 0 spiro atoms. The Hall–Kier alpha value is -1.22. The second-order valence-corrected chi connectivity index (χ2v) is 5.13. The van der Waals surface area contributed by atoms with E-state index >= 15 is 0 Å². The molecular formula is C16H27NO2. The molecule has 0 amide bonds. The molecule has 1 rings (SSSR count). The van der Waals surface area contributed by atoms with Gasteiger partial charge in [0.2, 0.25) is 0 Å². The summed E-state index contributed by atoms with van der Waals surface area (Å²) in [7, 11) is 3.64. The van der Waals surface area contributed by atoms with Crippen molar-refractivity contribution in [3.63, 3.8) is 0 Å². The molecule has 0 bridgehead atoms. The first-order valence-corrected chi connectivity index (χ1v) is 7.10. The van der Waals surface area contributed by atoms with Gasteiger partial charge in [-0.3, -0.25) is 0 Å². The Labute approximate surface area is 117 Å². The predicted molar refractivity (Wildman–Crippen MR) is 80.0 cm³/mol. The molecule has 0 aliphatic rings. The molecule has 108 valence electrons. The summed E-state index contributed by atoms with van der Waals surface area (Å²) in [4.78, 5) is 0. The van der Waals surface area contributed by atoms with Gasteiger partial charge in [0.1, 0.15) is 0 Å². The molecule has 0 aliphatic heterocycles. The van der Waals surface area contributed by atoms with Gasteiger partial charge in [0, 0.05) is 6.04 Å². The van der Waals surface area contributed by atoms with E-state index in [4.69, 9.17) is 9.47 Å². The third-order valence-electron chi connectivity index (χ3n) is 3.43. The first kappa shape index (κ1) is 15.8. The fourth-order valence-electron chi connectivity index (χ4n) is 2.05. The number of hydrogen-bond donors (Lipinski definition) is 1. The monoisotopic (exact) mass is 265 g/mol. The average Bonchev–Trinajstić information content (AvgIpc) is 2.44. The summed E-state index contributed by atoms with van der Waals surface area (Å²) < 4.78 is 11.3. The lowest BCUT2D eigenvalue weighted by Gasteiger charge is -2.17. The van der Waals surface area contributed by atoms with Gasteiger partial charge in [-0.05, 0) is 44.0 Å². The predicted octanol–water partition coefficient (Wildman–Crippen LogP) is 3.79. The topological polar surface area (TPSA) is 30.5 Å². The van der Waals surface area contributed by atoms with E-state index in [0.29, 0.717) is 12.0 Å². The Morgan fingerprint density at radius 1 is 1.21 bits per heavy atom. The summed E-state index contributed by atoms with van der Waals surface area (Å²) in [5, 5.41) is 3.22. The maximum Gasteiger partial charge on any atom is 0.161 e. The van der Waals surface area contributed by atoms with Gasteiger partial charge >= 0.3 is 0 Å². The van der Waals surface area contributed by atoms with E-state index in [1.54, 1.807) is 7.11 Å². The van der Waals surface area contributed by atoms with E-state index in [0.717, 1.165) is 18.1 Å². The SMILES string of the molecule is CCCC(C)COc1ccc(C(C)NC)cc1OC. The zero-order valence-electron chi connectivity index (χ0n) is 12.8. The van der Waals surface area contributed by atoms with Crippen LogP contribution in [0.2, 0.25) is 0 Å². The van der Waals surface area contributed by atoms with Crippen molar-refractivity contribution in [2.45, 2.75) is 39.7 Å². The van der Waals surface area contributed by atoms with Crippen LogP contribution in [-0.2, 0) is 0 Å². The summed E-state index contributed by atoms with van der Waals surface area (Å²) in [6.07, 6.45) is 2.39. The molecule has 0 aromatic heterocycles. The molecule has 2 atom stereocenters. The molecular weight excluding hydrogens is 238 g/mol. The van der Waals surface area contributed by atoms with Crippen molar-refractivity contribution in [2.24, 2.45) is 5.92 Å². The standard InChI is InChI=1S/C16H27NO2/c1-6-7-12(2)11-19-15-9-8-14(13(3)17-4)10-16(15)18-5/h8-10,12-13,17H,6-7,11H2,1-5H3. The maximum atomic E-state index is 5.87. The van der Waals surface area contributed by atoms with Crippen LogP contribution in [0.15, 0.2) is 18.2 Å². The largest absolute Gasteiger partial charge is 0.493 e.